The largest absolute Gasteiger partial charge is 0.506 e. The van der Waals surface area contributed by atoms with Crippen molar-refractivity contribution in [1.29, 1.82) is 0 Å². The summed E-state index contributed by atoms with van der Waals surface area (Å²) < 4.78 is 6.27. The molecule has 1 aromatic heterocycles. The molecule has 1 aliphatic carbocycles. The molecular formula is C31H33N3O3. The molecule has 3 aromatic carbocycles. The van der Waals surface area contributed by atoms with Crippen LogP contribution in [0.1, 0.15) is 60.8 Å². The van der Waals surface area contributed by atoms with Gasteiger partial charge in [0, 0.05) is 30.1 Å². The van der Waals surface area contributed by atoms with Crippen molar-refractivity contribution in [3.63, 3.8) is 0 Å². The Morgan fingerprint density at radius 2 is 1.78 bits per heavy atom. The number of amides is 1. The standard InChI is InChI=1S/C31H33N3O3/c35-29-25-14-8-7-11-22(25)15-16-26(29)30(36)33-24-17-27(34(20-24)19-21-9-3-1-4-10-21)31-32-18-28(37-31)23-12-5-2-6-13-23/h2,5-8,11-16,18,21,24,27,35H,1,3-4,9-10,17,19-20H2,(H,33,36)/t24-,27-/m0/s1. The number of carbonyl (C=O) groups is 1. The highest BCUT2D eigenvalue weighted by molar-refractivity contribution is 6.03. The smallest absolute Gasteiger partial charge is 0.255 e. The zero-order valence-corrected chi connectivity index (χ0v) is 21.0. The number of benzene rings is 3. The zero-order chi connectivity index (χ0) is 25.2. The predicted molar refractivity (Wildman–Crippen MR) is 144 cm³/mol. The van der Waals surface area contributed by atoms with Crippen molar-refractivity contribution < 1.29 is 14.3 Å². The Morgan fingerprint density at radius 3 is 2.62 bits per heavy atom. The van der Waals surface area contributed by atoms with E-state index in [0.717, 1.165) is 36.2 Å². The molecule has 1 amide bonds. The summed E-state index contributed by atoms with van der Waals surface area (Å²) >= 11 is 0. The van der Waals surface area contributed by atoms with Gasteiger partial charge in [-0.1, -0.05) is 79.9 Å². The van der Waals surface area contributed by atoms with Crippen LogP contribution < -0.4 is 5.32 Å². The van der Waals surface area contributed by atoms with E-state index in [-0.39, 0.29) is 23.7 Å². The number of likely N-dealkylation sites (tertiary alicyclic amines) is 1. The summed E-state index contributed by atoms with van der Waals surface area (Å²) in [4.78, 5) is 20.4. The molecule has 0 unspecified atom stereocenters. The van der Waals surface area contributed by atoms with E-state index in [9.17, 15) is 9.90 Å². The highest BCUT2D eigenvalue weighted by Crippen LogP contribution is 2.37. The molecule has 2 aliphatic rings. The van der Waals surface area contributed by atoms with Gasteiger partial charge < -0.3 is 14.8 Å². The topological polar surface area (TPSA) is 78.6 Å². The molecule has 190 valence electrons. The van der Waals surface area contributed by atoms with E-state index < -0.39 is 0 Å². The van der Waals surface area contributed by atoms with Crippen molar-refractivity contribution in [3.8, 4) is 17.1 Å². The number of aromatic nitrogens is 1. The highest BCUT2D eigenvalue weighted by Gasteiger charge is 2.38. The maximum atomic E-state index is 13.3. The van der Waals surface area contributed by atoms with Gasteiger partial charge in [-0.15, -0.1) is 0 Å². The average Bonchev–Trinajstić information content (AvgIpc) is 3.57. The average molecular weight is 496 g/mol. The van der Waals surface area contributed by atoms with Crippen LogP contribution in [0.2, 0.25) is 0 Å². The van der Waals surface area contributed by atoms with Gasteiger partial charge in [0.15, 0.2) is 5.76 Å². The Morgan fingerprint density at radius 1 is 1.00 bits per heavy atom. The SMILES string of the molecule is O=C(N[C@H]1C[C@@H](c2ncc(-c3ccccc3)o2)N(CC2CCCCC2)C1)c1ccc2ccccc2c1O. The number of rotatable bonds is 6. The summed E-state index contributed by atoms with van der Waals surface area (Å²) in [6, 6.07) is 21.1. The second kappa shape index (κ2) is 10.4. The number of hydrogen-bond donors (Lipinski definition) is 2. The highest BCUT2D eigenvalue weighted by atomic mass is 16.4. The van der Waals surface area contributed by atoms with Gasteiger partial charge in [0.1, 0.15) is 5.75 Å². The van der Waals surface area contributed by atoms with Gasteiger partial charge in [0.25, 0.3) is 5.91 Å². The number of fused-ring (bicyclic) bond motifs is 1. The van der Waals surface area contributed by atoms with Gasteiger partial charge >= 0.3 is 0 Å². The Bertz CT molecular complexity index is 1380. The van der Waals surface area contributed by atoms with E-state index >= 15 is 0 Å². The number of phenols is 1. The Kier molecular flexibility index (Phi) is 6.66. The summed E-state index contributed by atoms with van der Waals surface area (Å²) in [6.07, 6.45) is 8.96. The number of nitrogens with zero attached hydrogens (tertiary/aromatic N) is 2. The van der Waals surface area contributed by atoms with Crippen LogP contribution in [0.3, 0.4) is 0 Å². The van der Waals surface area contributed by atoms with Gasteiger partial charge in [-0.3, -0.25) is 9.69 Å². The predicted octanol–water partition coefficient (Wildman–Crippen LogP) is 6.33. The number of carbonyl (C=O) groups excluding carboxylic acids is 1. The molecule has 6 rings (SSSR count). The molecule has 0 radical (unpaired) electrons. The molecule has 1 saturated carbocycles. The second-order valence-corrected chi connectivity index (χ2v) is 10.5. The Balaban J connectivity index is 1.22. The van der Waals surface area contributed by atoms with Gasteiger partial charge in [-0.05, 0) is 36.6 Å². The van der Waals surface area contributed by atoms with Crippen molar-refractivity contribution in [2.24, 2.45) is 5.92 Å². The molecule has 1 saturated heterocycles. The molecule has 2 N–H and O–H groups in total. The first-order valence-electron chi connectivity index (χ1n) is 13.4. The molecule has 37 heavy (non-hydrogen) atoms. The van der Waals surface area contributed by atoms with Gasteiger partial charge in [-0.25, -0.2) is 4.98 Å². The Labute approximate surface area is 217 Å². The zero-order valence-electron chi connectivity index (χ0n) is 21.0. The molecule has 2 atom stereocenters. The van der Waals surface area contributed by atoms with Crippen LogP contribution in [-0.2, 0) is 0 Å². The molecule has 6 nitrogen and oxygen atoms in total. The molecule has 6 heteroatoms. The molecule has 1 aliphatic heterocycles. The molecule has 2 fully saturated rings. The lowest BCUT2D eigenvalue weighted by Gasteiger charge is -2.29. The van der Waals surface area contributed by atoms with Crippen molar-refractivity contribution in [1.82, 2.24) is 15.2 Å². The second-order valence-electron chi connectivity index (χ2n) is 10.5. The van der Waals surface area contributed by atoms with E-state index in [1.54, 1.807) is 6.07 Å². The molecule has 4 aromatic rings. The van der Waals surface area contributed by atoms with Crippen molar-refractivity contribution >= 4 is 16.7 Å². The van der Waals surface area contributed by atoms with E-state index in [1.807, 2.05) is 66.9 Å². The minimum atomic E-state index is -0.246. The summed E-state index contributed by atoms with van der Waals surface area (Å²) in [5.74, 6) is 1.92. The van der Waals surface area contributed by atoms with Crippen molar-refractivity contribution in [3.05, 3.63) is 84.4 Å². The van der Waals surface area contributed by atoms with Crippen LogP contribution in [0.5, 0.6) is 5.75 Å². The third-order valence-corrected chi connectivity index (χ3v) is 7.97. The first kappa shape index (κ1) is 23.7. The van der Waals surface area contributed by atoms with Gasteiger partial charge in [0.2, 0.25) is 5.89 Å². The van der Waals surface area contributed by atoms with Crippen molar-refractivity contribution in [2.45, 2.75) is 50.6 Å². The van der Waals surface area contributed by atoms with Gasteiger partial charge in [0.05, 0.1) is 17.8 Å². The van der Waals surface area contributed by atoms with Crippen LogP contribution >= 0.6 is 0 Å². The quantitative estimate of drug-likeness (QED) is 0.327. The third-order valence-electron chi connectivity index (χ3n) is 7.97. The number of nitrogens with one attached hydrogen (secondary N) is 1. The molecule has 0 bridgehead atoms. The number of oxazole rings is 1. The first-order valence-corrected chi connectivity index (χ1v) is 13.4. The van der Waals surface area contributed by atoms with Crippen LogP contribution in [0.4, 0.5) is 0 Å². The summed E-state index contributed by atoms with van der Waals surface area (Å²) in [7, 11) is 0. The first-order chi connectivity index (χ1) is 18.2. The van der Waals surface area contributed by atoms with Crippen LogP contribution in [0, 0.1) is 5.92 Å². The lowest BCUT2D eigenvalue weighted by atomic mass is 9.89. The third kappa shape index (κ3) is 4.98. The fourth-order valence-electron chi connectivity index (χ4n) is 6.05. The van der Waals surface area contributed by atoms with Crippen LogP contribution in [0.25, 0.3) is 22.1 Å². The number of aromatic hydroxyl groups is 1. The molecule has 2 heterocycles. The van der Waals surface area contributed by atoms with Crippen LogP contribution in [-0.4, -0.2) is 40.0 Å². The van der Waals surface area contributed by atoms with E-state index in [2.05, 4.69) is 15.2 Å². The summed E-state index contributed by atoms with van der Waals surface area (Å²) in [6.45, 7) is 1.73. The molecular weight excluding hydrogens is 462 g/mol. The lowest BCUT2D eigenvalue weighted by molar-refractivity contribution is 0.0934. The summed E-state index contributed by atoms with van der Waals surface area (Å²) in [5.41, 5.74) is 1.32. The van der Waals surface area contributed by atoms with E-state index in [4.69, 9.17) is 4.42 Å². The van der Waals surface area contributed by atoms with E-state index in [1.165, 1.54) is 32.1 Å². The van der Waals surface area contributed by atoms with Crippen molar-refractivity contribution in [2.75, 3.05) is 13.1 Å². The minimum absolute atomic E-state index is 0.00916. The Hall–Kier alpha value is -3.64. The van der Waals surface area contributed by atoms with Gasteiger partial charge in [-0.2, -0.15) is 0 Å². The normalized spacial score (nSPS) is 20.9. The molecule has 0 spiro atoms. The minimum Gasteiger partial charge on any atom is -0.506 e. The lowest BCUT2D eigenvalue weighted by Crippen LogP contribution is -2.38. The monoisotopic (exact) mass is 495 g/mol. The maximum Gasteiger partial charge on any atom is 0.255 e. The number of phenolic OH excluding ortho intramolecular Hbond substituents is 1. The fraction of sp³-hybridized carbons (Fsp3) is 0.355. The number of hydrogen-bond acceptors (Lipinski definition) is 5. The van der Waals surface area contributed by atoms with E-state index in [0.29, 0.717) is 22.8 Å². The maximum absolute atomic E-state index is 13.3. The van der Waals surface area contributed by atoms with Crippen LogP contribution in [0.15, 0.2) is 77.3 Å². The fourth-order valence-corrected chi connectivity index (χ4v) is 6.05. The summed E-state index contributed by atoms with van der Waals surface area (Å²) in [5, 5.41) is 15.6.